The van der Waals surface area contributed by atoms with Gasteiger partial charge in [-0.25, -0.2) is 4.98 Å². The van der Waals surface area contributed by atoms with Gasteiger partial charge in [-0.15, -0.1) is 0 Å². The third-order valence-corrected chi connectivity index (χ3v) is 1.50. The first-order chi connectivity index (χ1) is 6.22. The van der Waals surface area contributed by atoms with Gasteiger partial charge in [0.25, 0.3) is 0 Å². The zero-order valence-corrected chi connectivity index (χ0v) is 7.47. The number of hydrogen-bond donors (Lipinski definition) is 2. The number of aliphatic hydroxyl groups is 2. The highest BCUT2D eigenvalue weighted by Gasteiger charge is 2.03. The second kappa shape index (κ2) is 4.79. The van der Waals surface area contributed by atoms with Gasteiger partial charge in [-0.1, -0.05) is 6.07 Å². The monoisotopic (exact) mass is 183 g/mol. The minimum atomic E-state index is -0.845. The van der Waals surface area contributed by atoms with Crippen molar-refractivity contribution in [1.82, 2.24) is 4.98 Å². The van der Waals surface area contributed by atoms with Gasteiger partial charge in [-0.2, -0.15) is 0 Å². The van der Waals surface area contributed by atoms with Crippen LogP contribution < -0.4 is 4.74 Å². The summed E-state index contributed by atoms with van der Waals surface area (Å²) in [5.74, 6) is 0.465. The van der Waals surface area contributed by atoms with Gasteiger partial charge < -0.3 is 14.9 Å². The van der Waals surface area contributed by atoms with Crippen molar-refractivity contribution in [3.8, 4) is 5.88 Å². The first-order valence-electron chi connectivity index (χ1n) is 4.07. The lowest BCUT2D eigenvalue weighted by atomic mass is 10.4. The minimum absolute atomic E-state index is 0.0625. The van der Waals surface area contributed by atoms with E-state index in [1.165, 1.54) is 0 Å². The molecule has 0 aliphatic rings. The summed E-state index contributed by atoms with van der Waals surface area (Å²) in [7, 11) is 0. The lowest BCUT2D eigenvalue weighted by Gasteiger charge is -2.08. The molecule has 1 rings (SSSR count). The molecule has 4 heteroatoms. The summed E-state index contributed by atoms with van der Waals surface area (Å²) in [6, 6.07) is 5.38. The number of aromatic nitrogens is 1. The molecule has 0 bridgehead atoms. The van der Waals surface area contributed by atoms with Gasteiger partial charge in [0.1, 0.15) is 12.7 Å². The Balaban J connectivity index is 2.45. The number of aryl methyl sites for hydroxylation is 1. The Morgan fingerprint density at radius 2 is 2.31 bits per heavy atom. The average Bonchev–Trinajstić information content (AvgIpc) is 2.14. The van der Waals surface area contributed by atoms with Crippen LogP contribution in [-0.2, 0) is 0 Å². The fraction of sp³-hybridized carbons (Fsp3) is 0.444. The quantitative estimate of drug-likeness (QED) is 0.696. The number of pyridine rings is 1. The highest BCUT2D eigenvalue weighted by Crippen LogP contribution is 2.06. The second-order valence-electron chi connectivity index (χ2n) is 2.76. The van der Waals surface area contributed by atoms with Gasteiger partial charge in [0.15, 0.2) is 0 Å². The van der Waals surface area contributed by atoms with Crippen LogP contribution in [0.5, 0.6) is 5.88 Å². The molecular formula is C9H13NO3. The summed E-state index contributed by atoms with van der Waals surface area (Å²) in [5.41, 5.74) is 0.857. The van der Waals surface area contributed by atoms with E-state index in [1.54, 1.807) is 6.07 Å². The highest BCUT2D eigenvalue weighted by atomic mass is 16.5. The standard InChI is InChI=1S/C9H13NO3/c1-7-3-2-4-9(10-7)13-6-8(12)5-11/h2-4,8,11-12H,5-6H2,1H3/t8-/m0/s1. The molecule has 1 heterocycles. The van der Waals surface area contributed by atoms with E-state index in [0.717, 1.165) is 5.69 Å². The van der Waals surface area contributed by atoms with E-state index in [2.05, 4.69) is 4.98 Å². The Morgan fingerprint density at radius 3 is 2.92 bits per heavy atom. The van der Waals surface area contributed by atoms with Crippen LogP contribution in [-0.4, -0.2) is 34.5 Å². The van der Waals surface area contributed by atoms with Crippen LogP contribution in [0.15, 0.2) is 18.2 Å². The van der Waals surface area contributed by atoms with Gasteiger partial charge in [0, 0.05) is 11.8 Å². The third kappa shape index (κ3) is 3.40. The van der Waals surface area contributed by atoms with Crippen LogP contribution >= 0.6 is 0 Å². The van der Waals surface area contributed by atoms with Crippen LogP contribution in [0.3, 0.4) is 0 Å². The maximum atomic E-state index is 8.99. The largest absolute Gasteiger partial charge is 0.475 e. The van der Waals surface area contributed by atoms with Crippen molar-refractivity contribution in [1.29, 1.82) is 0 Å². The molecular weight excluding hydrogens is 170 g/mol. The van der Waals surface area contributed by atoms with E-state index in [-0.39, 0.29) is 13.2 Å². The second-order valence-corrected chi connectivity index (χ2v) is 2.76. The Bertz CT molecular complexity index is 265. The number of rotatable bonds is 4. The van der Waals surface area contributed by atoms with Gasteiger partial charge in [0.05, 0.1) is 6.61 Å². The summed E-state index contributed by atoms with van der Waals surface area (Å²) >= 11 is 0. The molecule has 0 radical (unpaired) electrons. The fourth-order valence-corrected chi connectivity index (χ4v) is 0.833. The molecule has 4 nitrogen and oxygen atoms in total. The van der Waals surface area contributed by atoms with Crippen molar-refractivity contribution in [3.63, 3.8) is 0 Å². The zero-order chi connectivity index (χ0) is 9.68. The first-order valence-corrected chi connectivity index (χ1v) is 4.07. The van der Waals surface area contributed by atoms with Crippen molar-refractivity contribution in [2.24, 2.45) is 0 Å². The third-order valence-electron chi connectivity index (χ3n) is 1.50. The van der Waals surface area contributed by atoms with Gasteiger partial charge in [-0.3, -0.25) is 0 Å². The molecule has 1 aromatic heterocycles. The molecule has 0 spiro atoms. The molecule has 0 aliphatic heterocycles. The summed E-state index contributed by atoms with van der Waals surface area (Å²) in [4.78, 5) is 4.06. The van der Waals surface area contributed by atoms with E-state index >= 15 is 0 Å². The number of hydrogen-bond acceptors (Lipinski definition) is 4. The van der Waals surface area contributed by atoms with Gasteiger partial charge >= 0.3 is 0 Å². The molecule has 0 aromatic carbocycles. The average molecular weight is 183 g/mol. The van der Waals surface area contributed by atoms with E-state index in [1.807, 2.05) is 19.1 Å². The lowest BCUT2D eigenvalue weighted by Crippen LogP contribution is -2.21. The molecule has 1 aromatic rings. The molecule has 13 heavy (non-hydrogen) atoms. The molecule has 0 unspecified atom stereocenters. The van der Waals surface area contributed by atoms with E-state index in [0.29, 0.717) is 5.88 Å². The van der Waals surface area contributed by atoms with Crippen molar-refractivity contribution in [3.05, 3.63) is 23.9 Å². The number of ether oxygens (including phenoxy) is 1. The SMILES string of the molecule is Cc1cccc(OC[C@@H](O)CO)n1. The summed E-state index contributed by atoms with van der Waals surface area (Å²) in [6.45, 7) is 1.62. The summed E-state index contributed by atoms with van der Waals surface area (Å²) in [5, 5.41) is 17.5. The number of nitrogens with zero attached hydrogens (tertiary/aromatic N) is 1. The zero-order valence-electron chi connectivity index (χ0n) is 7.47. The fourth-order valence-electron chi connectivity index (χ4n) is 0.833. The number of aliphatic hydroxyl groups excluding tert-OH is 2. The van der Waals surface area contributed by atoms with Crippen LogP contribution in [0.4, 0.5) is 0 Å². The van der Waals surface area contributed by atoms with Gasteiger partial charge in [0.2, 0.25) is 5.88 Å². The molecule has 0 saturated carbocycles. The Hall–Kier alpha value is -1.13. The molecule has 72 valence electrons. The predicted octanol–water partition coefficient (Wildman–Crippen LogP) is 0.122. The van der Waals surface area contributed by atoms with E-state index < -0.39 is 6.10 Å². The Kier molecular flexibility index (Phi) is 3.67. The van der Waals surface area contributed by atoms with Crippen LogP contribution in [0.1, 0.15) is 5.69 Å². The van der Waals surface area contributed by atoms with Gasteiger partial charge in [-0.05, 0) is 13.0 Å². The summed E-state index contributed by atoms with van der Waals surface area (Å²) in [6.07, 6.45) is -0.845. The minimum Gasteiger partial charge on any atom is -0.475 e. The Morgan fingerprint density at radius 1 is 1.54 bits per heavy atom. The molecule has 0 amide bonds. The highest BCUT2D eigenvalue weighted by molar-refractivity contribution is 5.14. The van der Waals surface area contributed by atoms with E-state index in [4.69, 9.17) is 14.9 Å². The maximum absolute atomic E-state index is 8.99. The van der Waals surface area contributed by atoms with Crippen LogP contribution in [0, 0.1) is 6.92 Å². The van der Waals surface area contributed by atoms with Crippen molar-refractivity contribution in [2.75, 3.05) is 13.2 Å². The molecule has 2 N–H and O–H groups in total. The van der Waals surface area contributed by atoms with Crippen molar-refractivity contribution < 1.29 is 14.9 Å². The van der Waals surface area contributed by atoms with Crippen molar-refractivity contribution >= 4 is 0 Å². The molecule has 0 aliphatic carbocycles. The molecule has 0 fully saturated rings. The molecule has 0 saturated heterocycles. The topological polar surface area (TPSA) is 62.6 Å². The van der Waals surface area contributed by atoms with Crippen LogP contribution in [0.2, 0.25) is 0 Å². The molecule has 1 atom stereocenters. The maximum Gasteiger partial charge on any atom is 0.213 e. The van der Waals surface area contributed by atoms with E-state index in [9.17, 15) is 0 Å². The smallest absolute Gasteiger partial charge is 0.213 e. The lowest BCUT2D eigenvalue weighted by molar-refractivity contribution is 0.0521. The van der Waals surface area contributed by atoms with Crippen molar-refractivity contribution in [2.45, 2.75) is 13.0 Å². The summed E-state index contributed by atoms with van der Waals surface area (Å²) < 4.78 is 5.12. The normalized spacial score (nSPS) is 12.5. The first kappa shape index (κ1) is 9.95. The Labute approximate surface area is 76.8 Å². The van der Waals surface area contributed by atoms with Crippen LogP contribution in [0.25, 0.3) is 0 Å². The predicted molar refractivity (Wildman–Crippen MR) is 47.6 cm³/mol.